The van der Waals surface area contributed by atoms with Crippen LogP contribution in [0.2, 0.25) is 0 Å². The van der Waals surface area contributed by atoms with Gasteiger partial charge in [0.05, 0.1) is 0 Å². The molecule has 9 heteroatoms. The second kappa shape index (κ2) is 8.68. The van der Waals surface area contributed by atoms with E-state index in [9.17, 15) is 13.2 Å². The third-order valence-corrected chi connectivity index (χ3v) is 4.40. The van der Waals surface area contributed by atoms with Gasteiger partial charge in [-0.25, -0.2) is 4.98 Å². The minimum atomic E-state index is -4.55. The Morgan fingerprint density at radius 1 is 1.15 bits per heavy atom. The second-order valence-electron chi connectivity index (χ2n) is 6.13. The monoisotopic (exact) mass is 431 g/mol. The van der Waals surface area contributed by atoms with Gasteiger partial charge < -0.3 is 15.5 Å². The van der Waals surface area contributed by atoms with Crippen LogP contribution >= 0.6 is 15.9 Å². The molecule has 0 spiro atoms. The lowest BCUT2D eigenvalue weighted by Gasteiger charge is -2.14. The first-order valence-electron chi connectivity index (χ1n) is 8.03. The van der Waals surface area contributed by atoms with Crippen molar-refractivity contribution in [1.82, 2.24) is 14.9 Å². The number of nitrogens with one attached hydrogen (secondary N) is 2. The van der Waals surface area contributed by atoms with Crippen molar-refractivity contribution in [2.45, 2.75) is 19.5 Å². The van der Waals surface area contributed by atoms with Gasteiger partial charge in [0.1, 0.15) is 5.82 Å². The maximum Gasteiger partial charge on any atom is 0.433 e. The van der Waals surface area contributed by atoms with Crippen molar-refractivity contribution in [2.24, 2.45) is 0 Å². The Bertz CT molecular complexity index is 750. The molecular formula is C17H21BrF3N5. The van der Waals surface area contributed by atoms with Crippen molar-refractivity contribution < 1.29 is 13.2 Å². The van der Waals surface area contributed by atoms with Crippen LogP contribution in [0.25, 0.3) is 0 Å². The molecule has 0 bridgehead atoms. The van der Waals surface area contributed by atoms with Gasteiger partial charge in [-0.1, -0.05) is 15.9 Å². The smallest absolute Gasteiger partial charge is 0.354 e. The van der Waals surface area contributed by atoms with Gasteiger partial charge in [-0.2, -0.15) is 18.2 Å². The number of nitrogens with zero attached hydrogens (tertiary/aromatic N) is 3. The maximum atomic E-state index is 13.1. The van der Waals surface area contributed by atoms with Crippen molar-refractivity contribution in [3.63, 3.8) is 0 Å². The first-order chi connectivity index (χ1) is 12.1. The minimum absolute atomic E-state index is 0.0464. The molecule has 5 nitrogen and oxygen atoms in total. The predicted octanol–water partition coefficient (Wildman–Crippen LogP) is 4.67. The molecule has 1 aromatic heterocycles. The standard InChI is InChI=1S/C17H21BrF3N5/c1-11-9-12(5-6-13(11)18)23-15-10-14(17(19,20)21)24-16(25-15)22-7-4-8-26(2)3/h5-6,9-10H,4,7-8H2,1-3H3,(H2,22,23,24,25). The highest BCUT2D eigenvalue weighted by atomic mass is 79.9. The van der Waals surface area contributed by atoms with E-state index in [0.717, 1.165) is 29.1 Å². The average Bonchev–Trinajstić information content (AvgIpc) is 2.54. The van der Waals surface area contributed by atoms with Gasteiger partial charge in [-0.05, 0) is 57.7 Å². The van der Waals surface area contributed by atoms with Gasteiger partial charge in [-0.3, -0.25) is 0 Å². The van der Waals surface area contributed by atoms with Crippen molar-refractivity contribution >= 4 is 33.4 Å². The first-order valence-corrected chi connectivity index (χ1v) is 8.82. The molecule has 26 heavy (non-hydrogen) atoms. The van der Waals surface area contributed by atoms with Crippen LogP contribution < -0.4 is 10.6 Å². The number of rotatable bonds is 7. The summed E-state index contributed by atoms with van der Waals surface area (Å²) in [5.74, 6) is 0.0408. The summed E-state index contributed by atoms with van der Waals surface area (Å²) in [6.45, 7) is 3.19. The van der Waals surface area contributed by atoms with E-state index < -0.39 is 11.9 Å². The Hall–Kier alpha value is -1.87. The van der Waals surface area contributed by atoms with Crippen molar-refractivity contribution in [3.8, 4) is 0 Å². The number of anilines is 3. The van der Waals surface area contributed by atoms with Gasteiger partial charge in [-0.15, -0.1) is 0 Å². The molecule has 2 aromatic rings. The largest absolute Gasteiger partial charge is 0.433 e. The van der Waals surface area contributed by atoms with Gasteiger partial charge in [0.2, 0.25) is 5.95 Å². The molecule has 0 aliphatic heterocycles. The van der Waals surface area contributed by atoms with Gasteiger partial charge in [0.15, 0.2) is 5.69 Å². The number of hydrogen-bond donors (Lipinski definition) is 2. The maximum absolute atomic E-state index is 13.1. The van der Waals surface area contributed by atoms with Crippen LogP contribution in [0.15, 0.2) is 28.7 Å². The van der Waals surface area contributed by atoms with Crippen LogP contribution in [0.4, 0.5) is 30.6 Å². The Labute approximate surface area is 159 Å². The molecule has 1 heterocycles. The fraction of sp³-hybridized carbons (Fsp3) is 0.412. The molecule has 2 rings (SSSR count). The van der Waals surface area contributed by atoms with E-state index in [1.165, 1.54) is 0 Å². The van der Waals surface area contributed by atoms with E-state index >= 15 is 0 Å². The van der Waals surface area contributed by atoms with Crippen molar-refractivity contribution in [1.29, 1.82) is 0 Å². The minimum Gasteiger partial charge on any atom is -0.354 e. The topological polar surface area (TPSA) is 53.1 Å². The lowest BCUT2D eigenvalue weighted by atomic mass is 10.2. The average molecular weight is 432 g/mol. The molecule has 0 amide bonds. The zero-order valence-electron chi connectivity index (χ0n) is 14.8. The Morgan fingerprint density at radius 2 is 1.88 bits per heavy atom. The summed E-state index contributed by atoms with van der Waals surface area (Å²) in [7, 11) is 3.87. The number of alkyl halides is 3. The Kier molecular flexibility index (Phi) is 6.82. The molecule has 0 radical (unpaired) electrons. The van der Waals surface area contributed by atoms with E-state index in [-0.39, 0.29) is 11.8 Å². The van der Waals surface area contributed by atoms with E-state index in [4.69, 9.17) is 0 Å². The fourth-order valence-electron chi connectivity index (χ4n) is 2.20. The summed E-state index contributed by atoms with van der Waals surface area (Å²) in [4.78, 5) is 9.74. The quantitative estimate of drug-likeness (QED) is 0.623. The van der Waals surface area contributed by atoms with Crippen LogP contribution in [0.5, 0.6) is 0 Å². The summed E-state index contributed by atoms with van der Waals surface area (Å²) < 4.78 is 40.3. The van der Waals surface area contributed by atoms with Crippen molar-refractivity contribution in [2.75, 3.05) is 37.8 Å². The third kappa shape index (κ3) is 6.14. The lowest BCUT2D eigenvalue weighted by Crippen LogP contribution is -2.18. The first kappa shape index (κ1) is 20.4. The van der Waals surface area contributed by atoms with Crippen LogP contribution in [0.3, 0.4) is 0 Å². The number of halogens is 4. The molecule has 0 saturated carbocycles. The lowest BCUT2D eigenvalue weighted by molar-refractivity contribution is -0.141. The van der Waals surface area contributed by atoms with E-state index in [0.29, 0.717) is 12.2 Å². The van der Waals surface area contributed by atoms with Crippen LogP contribution in [0, 0.1) is 6.92 Å². The molecule has 0 aliphatic rings. The summed E-state index contributed by atoms with van der Waals surface area (Å²) in [5.41, 5.74) is 0.622. The Morgan fingerprint density at radius 3 is 2.50 bits per heavy atom. The third-order valence-electron chi connectivity index (χ3n) is 3.51. The SMILES string of the molecule is Cc1cc(Nc2cc(C(F)(F)F)nc(NCCCN(C)C)n2)ccc1Br. The Balaban J connectivity index is 2.20. The molecule has 0 unspecified atom stereocenters. The summed E-state index contributed by atoms with van der Waals surface area (Å²) in [6, 6.07) is 6.31. The van der Waals surface area contributed by atoms with Crippen LogP contribution in [-0.4, -0.2) is 42.1 Å². The normalized spacial score (nSPS) is 11.7. The number of benzene rings is 1. The predicted molar refractivity (Wildman–Crippen MR) is 101 cm³/mol. The highest BCUT2D eigenvalue weighted by Gasteiger charge is 2.33. The molecule has 0 aliphatic carbocycles. The number of aromatic nitrogens is 2. The molecule has 0 atom stereocenters. The zero-order chi connectivity index (χ0) is 19.3. The van der Waals surface area contributed by atoms with Crippen LogP contribution in [0.1, 0.15) is 17.7 Å². The van der Waals surface area contributed by atoms with E-state index in [1.54, 1.807) is 6.07 Å². The number of aryl methyl sites for hydroxylation is 1. The van der Waals surface area contributed by atoms with Crippen LogP contribution in [-0.2, 0) is 6.18 Å². The molecule has 142 valence electrons. The van der Waals surface area contributed by atoms with E-state index in [2.05, 4.69) is 36.5 Å². The molecule has 2 N–H and O–H groups in total. The molecule has 1 aromatic carbocycles. The summed E-state index contributed by atoms with van der Waals surface area (Å²) >= 11 is 3.39. The molecule has 0 saturated heterocycles. The highest BCUT2D eigenvalue weighted by Crippen LogP contribution is 2.31. The number of hydrogen-bond acceptors (Lipinski definition) is 5. The van der Waals surface area contributed by atoms with Gasteiger partial charge in [0, 0.05) is 22.8 Å². The van der Waals surface area contributed by atoms with Crippen molar-refractivity contribution in [3.05, 3.63) is 40.0 Å². The summed E-state index contributed by atoms with van der Waals surface area (Å²) in [5, 5.41) is 5.78. The van der Waals surface area contributed by atoms with E-state index in [1.807, 2.05) is 38.1 Å². The zero-order valence-corrected chi connectivity index (χ0v) is 16.4. The second-order valence-corrected chi connectivity index (χ2v) is 6.99. The van der Waals surface area contributed by atoms with Gasteiger partial charge >= 0.3 is 6.18 Å². The molecular weight excluding hydrogens is 411 g/mol. The summed E-state index contributed by atoms with van der Waals surface area (Å²) in [6.07, 6.45) is -3.78. The van der Waals surface area contributed by atoms with Gasteiger partial charge in [0.25, 0.3) is 0 Å². The highest BCUT2D eigenvalue weighted by molar-refractivity contribution is 9.10. The molecule has 0 fully saturated rings. The fourth-order valence-corrected chi connectivity index (χ4v) is 2.45.